The van der Waals surface area contributed by atoms with Crippen LogP contribution in [0, 0.1) is 0 Å². The quantitative estimate of drug-likeness (QED) is 0.640. The maximum Gasteiger partial charge on any atom is 0.0619 e. The molecule has 1 fully saturated rings. The third kappa shape index (κ3) is 2.67. The van der Waals surface area contributed by atoms with Crippen LogP contribution in [0.4, 0.5) is 0 Å². The van der Waals surface area contributed by atoms with Crippen LogP contribution < -0.4 is 5.32 Å². The molecule has 1 saturated heterocycles. The predicted molar refractivity (Wildman–Crippen MR) is 42.1 cm³/mol. The van der Waals surface area contributed by atoms with Gasteiger partial charge in [0, 0.05) is 12.6 Å². The molecule has 1 N–H and O–H groups in total. The molecule has 1 aliphatic rings. The molecule has 0 saturated carbocycles. The smallest absolute Gasteiger partial charge is 0.0619 e. The predicted octanol–water partition coefficient (Wildman–Crippen LogP) is 1.16. The second-order valence-electron chi connectivity index (χ2n) is 2.87. The van der Waals surface area contributed by atoms with Crippen LogP contribution in [-0.2, 0) is 4.74 Å². The topological polar surface area (TPSA) is 21.3 Å². The average Bonchev–Trinajstić information content (AvgIpc) is 2.03. The minimum Gasteiger partial charge on any atom is -0.380 e. The Morgan fingerprint density at radius 2 is 2.50 bits per heavy atom. The molecule has 1 heterocycles. The number of ether oxygens (including phenoxy) is 1. The molecule has 2 heteroatoms. The highest BCUT2D eigenvalue weighted by Crippen LogP contribution is 2.04. The normalized spacial score (nSPS) is 26.7. The molecule has 1 rings (SSSR count). The Labute approximate surface area is 63.0 Å². The van der Waals surface area contributed by atoms with E-state index in [0.717, 1.165) is 19.8 Å². The highest BCUT2D eigenvalue weighted by Gasteiger charge is 2.11. The standard InChI is InChI=1S/C8H17NO/c1-2-5-9-8-4-3-6-10-7-8/h8-9H,2-7H2,1H3. The van der Waals surface area contributed by atoms with Crippen molar-refractivity contribution < 1.29 is 4.74 Å². The van der Waals surface area contributed by atoms with Crippen molar-refractivity contribution in [2.24, 2.45) is 0 Å². The summed E-state index contributed by atoms with van der Waals surface area (Å²) in [5.74, 6) is 0. The lowest BCUT2D eigenvalue weighted by molar-refractivity contribution is 0.0706. The Morgan fingerprint density at radius 1 is 1.60 bits per heavy atom. The largest absolute Gasteiger partial charge is 0.380 e. The van der Waals surface area contributed by atoms with Gasteiger partial charge in [0.25, 0.3) is 0 Å². The van der Waals surface area contributed by atoms with Gasteiger partial charge in [0.05, 0.1) is 6.61 Å². The van der Waals surface area contributed by atoms with E-state index in [-0.39, 0.29) is 0 Å². The van der Waals surface area contributed by atoms with Crippen LogP contribution in [0.3, 0.4) is 0 Å². The third-order valence-corrected chi connectivity index (χ3v) is 1.84. The van der Waals surface area contributed by atoms with Crippen LogP contribution in [0.5, 0.6) is 0 Å². The third-order valence-electron chi connectivity index (χ3n) is 1.84. The molecular formula is C8H17NO. The van der Waals surface area contributed by atoms with Gasteiger partial charge in [-0.25, -0.2) is 0 Å². The van der Waals surface area contributed by atoms with Crippen molar-refractivity contribution in [1.29, 1.82) is 0 Å². The Kier molecular flexibility index (Phi) is 3.76. The Morgan fingerprint density at radius 3 is 3.10 bits per heavy atom. The van der Waals surface area contributed by atoms with Crippen molar-refractivity contribution in [2.75, 3.05) is 19.8 Å². The van der Waals surface area contributed by atoms with E-state index < -0.39 is 0 Å². The molecule has 0 bridgehead atoms. The van der Waals surface area contributed by atoms with E-state index in [9.17, 15) is 0 Å². The first-order valence-electron chi connectivity index (χ1n) is 4.24. The fraction of sp³-hybridized carbons (Fsp3) is 1.00. The molecule has 2 nitrogen and oxygen atoms in total. The second-order valence-corrected chi connectivity index (χ2v) is 2.87. The van der Waals surface area contributed by atoms with E-state index in [4.69, 9.17) is 4.74 Å². The summed E-state index contributed by atoms with van der Waals surface area (Å²) in [6.07, 6.45) is 3.73. The maximum atomic E-state index is 5.32. The molecule has 0 amide bonds. The van der Waals surface area contributed by atoms with E-state index in [1.165, 1.54) is 19.3 Å². The number of nitrogens with one attached hydrogen (secondary N) is 1. The molecular weight excluding hydrogens is 126 g/mol. The van der Waals surface area contributed by atoms with Crippen LogP contribution in [0.1, 0.15) is 26.2 Å². The van der Waals surface area contributed by atoms with E-state index in [1.807, 2.05) is 0 Å². The van der Waals surface area contributed by atoms with Gasteiger partial charge in [-0.1, -0.05) is 6.92 Å². The monoisotopic (exact) mass is 143 g/mol. The minimum atomic E-state index is 0.633. The molecule has 0 aromatic carbocycles. The van der Waals surface area contributed by atoms with Gasteiger partial charge in [-0.3, -0.25) is 0 Å². The average molecular weight is 143 g/mol. The van der Waals surface area contributed by atoms with Crippen molar-refractivity contribution >= 4 is 0 Å². The van der Waals surface area contributed by atoms with Gasteiger partial charge in [0.15, 0.2) is 0 Å². The van der Waals surface area contributed by atoms with Gasteiger partial charge >= 0.3 is 0 Å². The lowest BCUT2D eigenvalue weighted by atomic mass is 10.1. The number of rotatable bonds is 3. The molecule has 0 aromatic heterocycles. The fourth-order valence-electron chi connectivity index (χ4n) is 1.25. The van der Waals surface area contributed by atoms with Crippen molar-refractivity contribution in [3.63, 3.8) is 0 Å². The van der Waals surface area contributed by atoms with Gasteiger partial charge in [-0.2, -0.15) is 0 Å². The summed E-state index contributed by atoms with van der Waals surface area (Å²) in [4.78, 5) is 0. The van der Waals surface area contributed by atoms with E-state index in [1.54, 1.807) is 0 Å². The first-order valence-corrected chi connectivity index (χ1v) is 4.24. The van der Waals surface area contributed by atoms with Crippen molar-refractivity contribution in [3.05, 3.63) is 0 Å². The van der Waals surface area contributed by atoms with E-state index in [0.29, 0.717) is 6.04 Å². The van der Waals surface area contributed by atoms with Crippen LogP contribution >= 0.6 is 0 Å². The van der Waals surface area contributed by atoms with Crippen molar-refractivity contribution in [2.45, 2.75) is 32.2 Å². The summed E-state index contributed by atoms with van der Waals surface area (Å²) < 4.78 is 5.32. The summed E-state index contributed by atoms with van der Waals surface area (Å²) in [7, 11) is 0. The van der Waals surface area contributed by atoms with Gasteiger partial charge in [-0.05, 0) is 25.8 Å². The lowest BCUT2D eigenvalue weighted by Crippen LogP contribution is -2.37. The van der Waals surface area contributed by atoms with Crippen LogP contribution in [0.25, 0.3) is 0 Å². The Bertz CT molecular complexity index is 79.3. The molecule has 0 aromatic rings. The van der Waals surface area contributed by atoms with E-state index in [2.05, 4.69) is 12.2 Å². The summed E-state index contributed by atoms with van der Waals surface area (Å²) in [6, 6.07) is 0.633. The molecule has 1 unspecified atom stereocenters. The molecule has 10 heavy (non-hydrogen) atoms. The zero-order chi connectivity index (χ0) is 7.23. The molecule has 1 atom stereocenters. The van der Waals surface area contributed by atoms with E-state index >= 15 is 0 Å². The Hall–Kier alpha value is -0.0800. The fourth-order valence-corrected chi connectivity index (χ4v) is 1.25. The molecule has 0 radical (unpaired) electrons. The zero-order valence-corrected chi connectivity index (χ0v) is 6.73. The molecule has 0 aliphatic carbocycles. The van der Waals surface area contributed by atoms with Gasteiger partial charge in [0.2, 0.25) is 0 Å². The highest BCUT2D eigenvalue weighted by molar-refractivity contribution is 4.68. The van der Waals surface area contributed by atoms with Gasteiger partial charge < -0.3 is 10.1 Å². The zero-order valence-electron chi connectivity index (χ0n) is 6.73. The summed E-state index contributed by atoms with van der Waals surface area (Å²) in [6.45, 7) is 5.20. The summed E-state index contributed by atoms with van der Waals surface area (Å²) >= 11 is 0. The SMILES string of the molecule is CCCNC1CCCOC1. The molecule has 1 aliphatic heterocycles. The lowest BCUT2D eigenvalue weighted by Gasteiger charge is -2.22. The minimum absolute atomic E-state index is 0.633. The first-order chi connectivity index (χ1) is 4.93. The number of hydrogen-bond acceptors (Lipinski definition) is 2. The molecule has 0 spiro atoms. The van der Waals surface area contributed by atoms with Crippen LogP contribution in [0.15, 0.2) is 0 Å². The van der Waals surface area contributed by atoms with Crippen LogP contribution in [0.2, 0.25) is 0 Å². The van der Waals surface area contributed by atoms with Gasteiger partial charge in [0.1, 0.15) is 0 Å². The molecule has 60 valence electrons. The summed E-state index contributed by atoms with van der Waals surface area (Å²) in [5, 5.41) is 3.45. The van der Waals surface area contributed by atoms with Gasteiger partial charge in [-0.15, -0.1) is 0 Å². The first kappa shape index (κ1) is 8.02. The van der Waals surface area contributed by atoms with Crippen molar-refractivity contribution in [3.8, 4) is 0 Å². The second kappa shape index (κ2) is 4.69. The Balaban J connectivity index is 2.02. The maximum absolute atomic E-state index is 5.32. The summed E-state index contributed by atoms with van der Waals surface area (Å²) in [5.41, 5.74) is 0. The van der Waals surface area contributed by atoms with Crippen LogP contribution in [-0.4, -0.2) is 25.8 Å². The highest BCUT2D eigenvalue weighted by atomic mass is 16.5. The number of hydrogen-bond donors (Lipinski definition) is 1. The van der Waals surface area contributed by atoms with Crippen molar-refractivity contribution in [1.82, 2.24) is 5.32 Å².